The van der Waals surface area contributed by atoms with Crippen LogP contribution in [0.2, 0.25) is 0 Å². The van der Waals surface area contributed by atoms with E-state index < -0.39 is 0 Å². The minimum absolute atomic E-state index is 0.0668. The van der Waals surface area contributed by atoms with Crippen LogP contribution < -0.4 is 5.32 Å². The van der Waals surface area contributed by atoms with Crippen LogP contribution in [0.15, 0.2) is 0 Å². The number of carbonyl (C=O) groups is 1. The molecule has 2 atom stereocenters. The van der Waals surface area contributed by atoms with Gasteiger partial charge in [0.05, 0.1) is 0 Å². The number of hydrogen-bond donors (Lipinski definition) is 2. The lowest BCUT2D eigenvalue weighted by atomic mass is 9.86. The maximum Gasteiger partial charge on any atom is 0.220 e. The van der Waals surface area contributed by atoms with E-state index in [1.165, 1.54) is 38.5 Å². The van der Waals surface area contributed by atoms with Gasteiger partial charge in [0.15, 0.2) is 0 Å². The van der Waals surface area contributed by atoms with E-state index in [-0.39, 0.29) is 24.5 Å². The lowest BCUT2D eigenvalue weighted by molar-refractivity contribution is -0.122. The minimum atomic E-state index is 0.0668. The molecule has 0 aromatic rings. The standard InChI is InChI=1S/C15H29NO2/c1-12(11-17)13(2)16-15(18)10-6-9-14-7-4-3-5-8-14/h12-14,17H,3-11H2,1-2H3,(H,16,18). The highest BCUT2D eigenvalue weighted by Crippen LogP contribution is 2.27. The highest BCUT2D eigenvalue weighted by atomic mass is 16.3. The van der Waals surface area contributed by atoms with Gasteiger partial charge in [0.25, 0.3) is 0 Å². The Kier molecular flexibility index (Phi) is 7.33. The molecule has 2 N–H and O–H groups in total. The number of amides is 1. The molecule has 1 aliphatic rings. The summed E-state index contributed by atoms with van der Waals surface area (Å²) in [6.45, 7) is 4.04. The van der Waals surface area contributed by atoms with Crippen molar-refractivity contribution in [3.8, 4) is 0 Å². The molecular formula is C15H29NO2. The van der Waals surface area contributed by atoms with Gasteiger partial charge < -0.3 is 10.4 Å². The van der Waals surface area contributed by atoms with Crippen LogP contribution in [0, 0.1) is 11.8 Å². The molecule has 0 spiro atoms. The van der Waals surface area contributed by atoms with Crippen LogP contribution in [0.4, 0.5) is 0 Å². The van der Waals surface area contributed by atoms with E-state index in [9.17, 15) is 4.79 Å². The molecule has 3 nitrogen and oxygen atoms in total. The Hall–Kier alpha value is -0.570. The fourth-order valence-electron chi connectivity index (χ4n) is 2.65. The Morgan fingerprint density at radius 3 is 2.56 bits per heavy atom. The van der Waals surface area contributed by atoms with E-state index >= 15 is 0 Å². The van der Waals surface area contributed by atoms with E-state index in [2.05, 4.69) is 5.32 Å². The summed E-state index contributed by atoms with van der Waals surface area (Å²) < 4.78 is 0. The number of rotatable bonds is 7. The molecule has 0 bridgehead atoms. The zero-order valence-electron chi connectivity index (χ0n) is 12.0. The van der Waals surface area contributed by atoms with E-state index in [4.69, 9.17) is 5.11 Å². The lowest BCUT2D eigenvalue weighted by Crippen LogP contribution is -2.38. The third-order valence-electron chi connectivity index (χ3n) is 4.27. The summed E-state index contributed by atoms with van der Waals surface area (Å²) in [7, 11) is 0. The maximum atomic E-state index is 11.7. The zero-order valence-corrected chi connectivity index (χ0v) is 12.0. The summed E-state index contributed by atoms with van der Waals surface area (Å²) >= 11 is 0. The quantitative estimate of drug-likeness (QED) is 0.735. The van der Waals surface area contributed by atoms with Gasteiger partial charge >= 0.3 is 0 Å². The van der Waals surface area contributed by atoms with E-state index in [1.54, 1.807) is 0 Å². The van der Waals surface area contributed by atoms with Gasteiger partial charge in [0.1, 0.15) is 0 Å². The van der Waals surface area contributed by atoms with Crippen LogP contribution in [0.5, 0.6) is 0 Å². The number of carbonyl (C=O) groups excluding carboxylic acids is 1. The molecule has 1 rings (SSSR count). The van der Waals surface area contributed by atoms with Crippen molar-refractivity contribution < 1.29 is 9.90 Å². The second-order valence-electron chi connectivity index (χ2n) is 5.91. The highest BCUT2D eigenvalue weighted by Gasteiger charge is 2.16. The Balaban J connectivity index is 2.09. The zero-order chi connectivity index (χ0) is 13.4. The molecule has 1 saturated carbocycles. The molecule has 1 amide bonds. The SMILES string of the molecule is CC(CO)C(C)NC(=O)CCCC1CCCCC1. The molecule has 18 heavy (non-hydrogen) atoms. The predicted octanol–water partition coefficient (Wildman–Crippen LogP) is 2.87. The van der Waals surface area contributed by atoms with Gasteiger partial charge in [-0.25, -0.2) is 0 Å². The molecular weight excluding hydrogens is 226 g/mol. The van der Waals surface area contributed by atoms with Crippen molar-refractivity contribution in [2.24, 2.45) is 11.8 Å². The maximum absolute atomic E-state index is 11.7. The Morgan fingerprint density at radius 1 is 1.28 bits per heavy atom. The molecule has 3 heteroatoms. The van der Waals surface area contributed by atoms with Gasteiger partial charge in [0.2, 0.25) is 5.91 Å². The second-order valence-corrected chi connectivity index (χ2v) is 5.91. The largest absolute Gasteiger partial charge is 0.396 e. The summed E-state index contributed by atoms with van der Waals surface area (Å²) in [6.07, 6.45) is 9.73. The lowest BCUT2D eigenvalue weighted by Gasteiger charge is -2.22. The molecule has 0 aromatic heterocycles. The van der Waals surface area contributed by atoms with Crippen molar-refractivity contribution >= 4 is 5.91 Å². The van der Waals surface area contributed by atoms with Crippen molar-refractivity contribution in [2.75, 3.05) is 6.61 Å². The minimum Gasteiger partial charge on any atom is -0.396 e. The summed E-state index contributed by atoms with van der Waals surface area (Å²) in [5.41, 5.74) is 0. The number of aliphatic hydroxyl groups is 1. The van der Waals surface area contributed by atoms with Crippen molar-refractivity contribution in [3.63, 3.8) is 0 Å². The van der Waals surface area contributed by atoms with Gasteiger partial charge in [-0.3, -0.25) is 4.79 Å². The van der Waals surface area contributed by atoms with Gasteiger partial charge in [0, 0.05) is 19.1 Å². The molecule has 2 unspecified atom stereocenters. The summed E-state index contributed by atoms with van der Waals surface area (Å²) in [5, 5.41) is 12.0. The number of aliphatic hydroxyl groups excluding tert-OH is 1. The first kappa shape index (κ1) is 15.5. The smallest absolute Gasteiger partial charge is 0.220 e. The van der Waals surface area contributed by atoms with E-state index in [0.717, 1.165) is 12.3 Å². The third kappa shape index (κ3) is 5.85. The average molecular weight is 255 g/mol. The monoisotopic (exact) mass is 255 g/mol. The van der Waals surface area contributed by atoms with Crippen LogP contribution in [0.3, 0.4) is 0 Å². The molecule has 0 saturated heterocycles. The van der Waals surface area contributed by atoms with E-state index in [0.29, 0.717) is 6.42 Å². The normalized spacial score (nSPS) is 20.4. The van der Waals surface area contributed by atoms with Crippen molar-refractivity contribution in [2.45, 2.75) is 71.3 Å². The van der Waals surface area contributed by atoms with Crippen molar-refractivity contribution in [1.29, 1.82) is 0 Å². The Labute approximate surface area is 111 Å². The molecule has 1 aliphatic carbocycles. The van der Waals surface area contributed by atoms with Gasteiger partial charge in [-0.2, -0.15) is 0 Å². The highest BCUT2D eigenvalue weighted by molar-refractivity contribution is 5.76. The van der Waals surface area contributed by atoms with Crippen LogP contribution in [-0.2, 0) is 4.79 Å². The number of hydrogen-bond acceptors (Lipinski definition) is 2. The first-order chi connectivity index (χ1) is 8.63. The average Bonchev–Trinajstić information content (AvgIpc) is 2.38. The van der Waals surface area contributed by atoms with Crippen LogP contribution >= 0.6 is 0 Å². The molecule has 0 radical (unpaired) electrons. The third-order valence-corrected chi connectivity index (χ3v) is 4.27. The van der Waals surface area contributed by atoms with E-state index in [1.807, 2.05) is 13.8 Å². The van der Waals surface area contributed by atoms with Crippen LogP contribution in [0.25, 0.3) is 0 Å². The van der Waals surface area contributed by atoms with Gasteiger partial charge in [-0.05, 0) is 31.6 Å². The Bertz CT molecular complexity index is 237. The summed E-state index contributed by atoms with van der Waals surface area (Å²) in [4.78, 5) is 11.7. The van der Waals surface area contributed by atoms with Crippen LogP contribution in [-0.4, -0.2) is 23.7 Å². The second kappa shape index (κ2) is 8.52. The van der Waals surface area contributed by atoms with Crippen molar-refractivity contribution in [3.05, 3.63) is 0 Å². The molecule has 0 aliphatic heterocycles. The molecule has 1 fully saturated rings. The van der Waals surface area contributed by atoms with Gasteiger partial charge in [-0.15, -0.1) is 0 Å². The fraction of sp³-hybridized carbons (Fsp3) is 0.933. The first-order valence-electron chi connectivity index (χ1n) is 7.53. The summed E-state index contributed by atoms with van der Waals surface area (Å²) in [6, 6.07) is 0.0668. The summed E-state index contributed by atoms with van der Waals surface area (Å²) in [5.74, 6) is 1.13. The van der Waals surface area contributed by atoms with Crippen LogP contribution in [0.1, 0.15) is 65.2 Å². The van der Waals surface area contributed by atoms with Crippen molar-refractivity contribution in [1.82, 2.24) is 5.32 Å². The molecule has 106 valence electrons. The Morgan fingerprint density at radius 2 is 1.94 bits per heavy atom. The topological polar surface area (TPSA) is 49.3 Å². The molecule has 0 aromatic carbocycles. The first-order valence-corrected chi connectivity index (χ1v) is 7.53. The predicted molar refractivity (Wildman–Crippen MR) is 74.3 cm³/mol. The van der Waals surface area contributed by atoms with Gasteiger partial charge in [-0.1, -0.05) is 39.0 Å². The molecule has 0 heterocycles. The number of nitrogens with one attached hydrogen (secondary N) is 1. The fourth-order valence-corrected chi connectivity index (χ4v) is 2.65.